The number of hydrogen-bond donors (Lipinski definition) is 3. The lowest BCUT2D eigenvalue weighted by Gasteiger charge is -2.30. The number of alkyl carbamates (subject to hydrolysis) is 1. The van der Waals surface area contributed by atoms with Gasteiger partial charge in [-0.3, -0.25) is 19.1 Å². The summed E-state index contributed by atoms with van der Waals surface area (Å²) in [5.74, 6) is -0.825. The van der Waals surface area contributed by atoms with Crippen LogP contribution in [0.2, 0.25) is 0 Å². The number of nitrogens with zero attached hydrogens (tertiary/aromatic N) is 3. The number of rotatable bonds is 9. The summed E-state index contributed by atoms with van der Waals surface area (Å²) in [6.45, 7) is 7.31. The number of hydrogen-bond acceptors (Lipinski definition) is 12. The lowest BCUT2D eigenvalue weighted by molar-refractivity contribution is -0.146. The van der Waals surface area contributed by atoms with Crippen LogP contribution in [0.4, 0.5) is 4.79 Å². The van der Waals surface area contributed by atoms with Gasteiger partial charge in [0.15, 0.2) is 6.10 Å². The highest BCUT2D eigenvalue weighted by Gasteiger charge is 2.62. The molecule has 4 fully saturated rings. The average molecular weight is 863 g/mol. The Labute approximate surface area is 354 Å². The van der Waals surface area contributed by atoms with Crippen LogP contribution in [0.3, 0.4) is 0 Å². The van der Waals surface area contributed by atoms with Gasteiger partial charge in [-0.25, -0.2) is 23.2 Å². The van der Waals surface area contributed by atoms with Gasteiger partial charge in [-0.2, -0.15) is 0 Å². The molecule has 2 aliphatic heterocycles. The Balaban J connectivity index is 1.14. The second-order valence-corrected chi connectivity index (χ2v) is 20.7. The normalized spacial score (nSPS) is 26.8. The number of pyridine rings is 1. The molecule has 2 aromatic heterocycles. The Morgan fingerprint density at radius 1 is 1.03 bits per heavy atom. The van der Waals surface area contributed by atoms with Crippen molar-refractivity contribution in [1.29, 1.82) is 0 Å². The van der Waals surface area contributed by atoms with Crippen molar-refractivity contribution in [2.75, 3.05) is 13.7 Å². The molecule has 0 spiro atoms. The highest BCUT2D eigenvalue weighted by Crippen LogP contribution is 2.47. The molecule has 8 rings (SSSR count). The number of allylic oxidation sites excluding steroid dienone is 1. The first-order valence-electron chi connectivity index (χ1n) is 21.0. The number of benzene rings is 1. The van der Waals surface area contributed by atoms with E-state index in [1.54, 1.807) is 7.11 Å². The summed E-state index contributed by atoms with van der Waals surface area (Å²) in [7, 11) is -2.31. The van der Waals surface area contributed by atoms with Crippen LogP contribution in [0, 0.1) is 12.8 Å². The first-order chi connectivity index (χ1) is 28.5. The minimum absolute atomic E-state index is 0.0341. The van der Waals surface area contributed by atoms with E-state index < -0.39 is 74.3 Å². The van der Waals surface area contributed by atoms with Crippen LogP contribution < -0.4 is 24.8 Å². The Morgan fingerprint density at radius 2 is 1.82 bits per heavy atom. The van der Waals surface area contributed by atoms with Crippen LogP contribution in [0.1, 0.15) is 109 Å². The van der Waals surface area contributed by atoms with Gasteiger partial charge in [0.05, 0.1) is 30.1 Å². The summed E-state index contributed by atoms with van der Waals surface area (Å²) in [6, 6.07) is 4.40. The maximum Gasteiger partial charge on any atom is 0.408 e. The first kappa shape index (κ1) is 41.9. The second kappa shape index (κ2) is 16.3. The van der Waals surface area contributed by atoms with Crippen LogP contribution in [-0.4, -0.2) is 95.3 Å². The number of methoxy groups -OCH3 is 1. The Hall–Kier alpha value is -4.77. The highest BCUT2D eigenvalue weighted by molar-refractivity contribution is 7.91. The van der Waals surface area contributed by atoms with Gasteiger partial charge in [-0.05, 0) is 97.6 Å². The largest absolute Gasteiger partial charge is 0.496 e. The number of aryl methyl sites for hydroxylation is 1. The SMILES string of the molecule is COc1ccc2c(O[C@@H]3C[C@H]4C(=O)N[C@]5(C(=O)NS(=O)(=O)C6CC6)C[C@H]5/C=C\CCCCCC(OC(=O)NC(C)(C)C)C(=O)N4C3)cc(-c3nc(C4CC4)cs3)nc2c1C. The minimum atomic E-state index is -3.91. The summed E-state index contributed by atoms with van der Waals surface area (Å²) < 4.78 is 46.4. The molecular formula is C43H54N6O9S2. The van der Waals surface area contributed by atoms with E-state index in [1.165, 1.54) is 16.2 Å². The smallest absolute Gasteiger partial charge is 0.408 e. The van der Waals surface area contributed by atoms with E-state index in [0.717, 1.165) is 41.9 Å². The zero-order valence-corrected chi connectivity index (χ0v) is 36.4. The molecule has 4 heterocycles. The average Bonchev–Trinajstić information content (AvgIpc) is 4.14. The number of ether oxygens (including phenoxy) is 3. The molecule has 3 aliphatic carbocycles. The van der Waals surface area contributed by atoms with E-state index in [9.17, 15) is 27.6 Å². The summed E-state index contributed by atoms with van der Waals surface area (Å²) >= 11 is 1.51. The molecule has 3 saturated carbocycles. The molecule has 3 N–H and O–H groups in total. The van der Waals surface area contributed by atoms with E-state index in [1.807, 2.05) is 58.0 Å². The predicted molar refractivity (Wildman–Crippen MR) is 225 cm³/mol. The van der Waals surface area contributed by atoms with Crippen molar-refractivity contribution in [3.8, 4) is 22.2 Å². The molecule has 1 saturated heterocycles. The molecule has 1 unspecified atom stereocenters. The van der Waals surface area contributed by atoms with Crippen molar-refractivity contribution in [1.82, 2.24) is 30.2 Å². The molecule has 0 bridgehead atoms. The van der Waals surface area contributed by atoms with E-state index in [-0.39, 0.29) is 25.8 Å². The topological polar surface area (TPSA) is 195 Å². The van der Waals surface area contributed by atoms with Crippen LogP contribution in [0.15, 0.2) is 35.7 Å². The van der Waals surface area contributed by atoms with Gasteiger partial charge in [0.1, 0.15) is 39.9 Å². The maximum absolute atomic E-state index is 14.7. The third kappa shape index (κ3) is 8.97. The third-order valence-corrected chi connectivity index (χ3v) is 14.6. The summed E-state index contributed by atoms with van der Waals surface area (Å²) in [5.41, 5.74) is 0.981. The molecule has 0 radical (unpaired) electrons. The maximum atomic E-state index is 14.7. The van der Waals surface area contributed by atoms with E-state index >= 15 is 0 Å². The number of carbonyl (C=O) groups excluding carboxylic acids is 4. The molecule has 322 valence electrons. The van der Waals surface area contributed by atoms with Gasteiger partial charge in [0.2, 0.25) is 15.9 Å². The zero-order chi connectivity index (χ0) is 42.6. The molecule has 4 amide bonds. The quantitative estimate of drug-likeness (QED) is 0.220. The molecular weight excluding hydrogens is 809 g/mol. The molecule has 15 nitrogen and oxygen atoms in total. The van der Waals surface area contributed by atoms with Crippen molar-refractivity contribution >= 4 is 56.1 Å². The van der Waals surface area contributed by atoms with Gasteiger partial charge < -0.3 is 29.7 Å². The molecule has 3 aromatic rings. The lowest BCUT2D eigenvalue weighted by atomic mass is 10.1. The zero-order valence-electron chi connectivity index (χ0n) is 34.7. The number of aromatic nitrogens is 2. The number of amides is 4. The monoisotopic (exact) mass is 862 g/mol. The highest BCUT2D eigenvalue weighted by atomic mass is 32.2. The second-order valence-electron chi connectivity index (χ2n) is 17.9. The van der Waals surface area contributed by atoms with E-state index in [0.29, 0.717) is 59.7 Å². The third-order valence-electron chi connectivity index (χ3n) is 11.9. The standard InChI is InChI=1S/C43H54N6O9S2/c1-24-33(56-5)18-17-29-35(20-30(44-36(24)29)38-45-31(23-59-38)25-13-14-25)57-27-19-32-37(50)46-43(40(52)48-60(54,55)28-15-16-28)21-26(43)11-9-7-6-8-10-12-34(39(51)49(32)22-27)58-41(53)47-42(2,3)4/h9,11,17-18,20,23,25-28,32,34H,6-8,10,12-16,19,21-22H2,1-5H3,(H,46,50)(H,47,53)(H,48,52)/b11-9-/t26-,27-,32+,34?,43-/m1/s1. The fraction of sp³-hybridized carbons (Fsp3) is 0.581. The molecule has 5 aliphatic rings. The molecule has 5 atom stereocenters. The van der Waals surface area contributed by atoms with E-state index in [2.05, 4.69) is 20.7 Å². The number of thiazole rings is 1. The molecule has 60 heavy (non-hydrogen) atoms. The van der Waals surface area contributed by atoms with Gasteiger partial charge in [-0.1, -0.05) is 18.6 Å². The van der Waals surface area contributed by atoms with Crippen molar-refractivity contribution < 1.29 is 41.8 Å². The summed E-state index contributed by atoms with van der Waals surface area (Å²) in [5, 5.41) is 8.56. The van der Waals surface area contributed by atoms with Crippen molar-refractivity contribution in [3.05, 3.63) is 47.0 Å². The Bertz CT molecular complexity index is 2330. The number of fused-ring (bicyclic) bond motifs is 3. The van der Waals surface area contributed by atoms with Gasteiger partial charge >= 0.3 is 6.09 Å². The molecule has 1 aromatic carbocycles. The number of sulfonamides is 1. The van der Waals surface area contributed by atoms with Crippen LogP contribution in [0.5, 0.6) is 11.5 Å². The number of carbonyl (C=O) groups is 4. The fourth-order valence-electron chi connectivity index (χ4n) is 8.21. The fourth-order valence-corrected chi connectivity index (χ4v) is 10.4. The predicted octanol–water partition coefficient (Wildman–Crippen LogP) is 5.80. The van der Waals surface area contributed by atoms with Gasteiger partial charge in [0.25, 0.3) is 11.8 Å². The first-order valence-corrected chi connectivity index (χ1v) is 23.4. The van der Waals surface area contributed by atoms with Crippen LogP contribution in [-0.2, 0) is 29.1 Å². The number of nitrogens with one attached hydrogen (secondary N) is 3. The van der Waals surface area contributed by atoms with Crippen molar-refractivity contribution in [2.24, 2.45) is 5.92 Å². The van der Waals surface area contributed by atoms with Crippen molar-refractivity contribution in [2.45, 2.75) is 139 Å². The van der Waals surface area contributed by atoms with Crippen LogP contribution >= 0.6 is 11.3 Å². The lowest BCUT2D eigenvalue weighted by Crippen LogP contribution is -2.57. The van der Waals surface area contributed by atoms with Crippen molar-refractivity contribution in [3.63, 3.8) is 0 Å². The van der Waals surface area contributed by atoms with Gasteiger partial charge in [-0.15, -0.1) is 11.3 Å². The Morgan fingerprint density at radius 3 is 2.53 bits per heavy atom. The summed E-state index contributed by atoms with van der Waals surface area (Å²) in [4.78, 5) is 67.6. The van der Waals surface area contributed by atoms with E-state index in [4.69, 9.17) is 24.2 Å². The Kier molecular flexibility index (Phi) is 11.4. The summed E-state index contributed by atoms with van der Waals surface area (Å²) in [6.07, 6.45) is 7.56. The minimum Gasteiger partial charge on any atom is -0.496 e. The molecule has 17 heteroatoms. The van der Waals surface area contributed by atoms with Crippen LogP contribution in [0.25, 0.3) is 21.6 Å². The van der Waals surface area contributed by atoms with Gasteiger partial charge in [0, 0.05) is 46.2 Å².